The van der Waals surface area contributed by atoms with Gasteiger partial charge in [-0.25, -0.2) is 0 Å². The number of aromatic nitrogens is 3. The van der Waals surface area contributed by atoms with Gasteiger partial charge in [0.1, 0.15) is 0 Å². The van der Waals surface area contributed by atoms with Gasteiger partial charge in [-0.1, -0.05) is 209 Å². The molecule has 0 radical (unpaired) electrons. The van der Waals surface area contributed by atoms with Crippen LogP contribution in [0.1, 0.15) is 88.8 Å². The summed E-state index contributed by atoms with van der Waals surface area (Å²) in [7, 11) is 0. The molecular formula is C86H72N3+3. The fourth-order valence-corrected chi connectivity index (χ4v) is 17.2. The molecule has 3 nitrogen and oxygen atoms in total. The first-order chi connectivity index (χ1) is 43.8. The van der Waals surface area contributed by atoms with Gasteiger partial charge in [-0.2, -0.15) is 13.7 Å². The zero-order valence-corrected chi connectivity index (χ0v) is 50.9. The highest BCUT2D eigenvalue weighted by molar-refractivity contribution is 5.99. The second kappa shape index (κ2) is 21.4. The molecule has 0 N–H and O–H groups in total. The zero-order valence-electron chi connectivity index (χ0n) is 50.9. The van der Waals surface area contributed by atoms with Crippen molar-refractivity contribution in [3.8, 4) is 67.0 Å². The van der Waals surface area contributed by atoms with E-state index in [9.17, 15) is 0 Å². The molecule has 16 rings (SSSR count). The summed E-state index contributed by atoms with van der Waals surface area (Å²) in [6, 6.07) is 78.0. The van der Waals surface area contributed by atoms with Crippen LogP contribution in [-0.2, 0) is 18.4 Å². The highest BCUT2D eigenvalue weighted by Crippen LogP contribution is 2.68. The fraction of sp³-hybridized carbons (Fsp3) is 0.151. The third-order valence-corrected chi connectivity index (χ3v) is 21.1. The van der Waals surface area contributed by atoms with Crippen molar-refractivity contribution in [1.82, 2.24) is 0 Å². The van der Waals surface area contributed by atoms with Crippen LogP contribution in [-0.4, -0.2) is 0 Å². The summed E-state index contributed by atoms with van der Waals surface area (Å²) < 4.78 is 8.01. The molecule has 10 aromatic rings. The first-order valence-electron chi connectivity index (χ1n) is 31.9. The predicted octanol–water partition coefficient (Wildman–Crippen LogP) is 19.4. The van der Waals surface area contributed by atoms with E-state index in [1.54, 1.807) is 0 Å². The number of nitrogens with zero attached hydrogens (tertiary/aromatic N) is 3. The molecule has 0 saturated heterocycles. The summed E-state index contributed by atoms with van der Waals surface area (Å²) in [5, 5.41) is 0. The van der Waals surface area contributed by atoms with Gasteiger partial charge in [-0.15, -0.1) is 6.58 Å². The van der Waals surface area contributed by atoms with Gasteiger partial charge in [0.2, 0.25) is 17.1 Å². The van der Waals surface area contributed by atoms with Crippen LogP contribution in [0.25, 0.3) is 89.3 Å². The normalized spacial score (nSPS) is 22.0. The molecule has 1 spiro atoms. The minimum atomic E-state index is -0.888. The minimum absolute atomic E-state index is 0.168. The van der Waals surface area contributed by atoms with E-state index in [-0.39, 0.29) is 23.9 Å². The molecule has 0 amide bonds. The molecule has 0 fully saturated rings. The van der Waals surface area contributed by atoms with Crippen LogP contribution in [0.2, 0.25) is 0 Å². The largest absolute Gasteiger partial charge is 0.213 e. The average Bonchev–Trinajstić information content (AvgIpc) is 1.56. The van der Waals surface area contributed by atoms with Crippen molar-refractivity contribution < 1.29 is 13.7 Å². The molecule has 6 atom stereocenters. The molecule has 7 aromatic carbocycles. The Hall–Kier alpha value is -10.1. The van der Waals surface area contributed by atoms with E-state index >= 15 is 0 Å². The lowest BCUT2D eigenvalue weighted by Gasteiger charge is -2.52. The molecule has 6 aliphatic rings. The molecule has 8 bridgehead atoms. The number of rotatable bonds is 10. The van der Waals surface area contributed by atoms with Gasteiger partial charge in [-0.3, -0.25) is 0 Å². The third kappa shape index (κ3) is 8.21. The number of aryl methyl sites for hydroxylation is 2. The maximum Gasteiger partial charge on any atom is 0.213 e. The van der Waals surface area contributed by atoms with Crippen molar-refractivity contribution in [1.29, 1.82) is 0 Å². The van der Waals surface area contributed by atoms with Crippen LogP contribution in [0.3, 0.4) is 0 Å². The van der Waals surface area contributed by atoms with Crippen LogP contribution >= 0.6 is 0 Å². The Bertz CT molecular complexity index is 4760. The van der Waals surface area contributed by atoms with Crippen LogP contribution < -0.4 is 13.7 Å². The zero-order chi connectivity index (χ0) is 60.1. The Kier molecular flexibility index (Phi) is 13.0. The lowest BCUT2D eigenvalue weighted by atomic mass is 9.50. The highest BCUT2D eigenvalue weighted by atomic mass is 15.1. The summed E-state index contributed by atoms with van der Waals surface area (Å²) in [6.45, 7) is 24.9. The molecule has 3 aliphatic heterocycles. The first kappa shape index (κ1) is 54.3. The van der Waals surface area contributed by atoms with E-state index < -0.39 is 10.8 Å². The van der Waals surface area contributed by atoms with E-state index in [1.807, 2.05) is 6.08 Å². The standard InChI is InChI=1S/C86H72N3/c1-7-11-15-40-76-63(10-4)81-47-57(6)75(61-35-20-14-21-36-61)54-89(81)84-82-62(9-3)70-48-67-56(5)43-44-85-53-78(66-39-25-24-38-65(66)71-51-77(85)73(79-41-26-28-45-87(79)55-85)50-69(71)60-33-18-13-19-34-60)86(76,84)52-74(64-37-23-22-30-58(64)8-2)83(82)88-46-29-27-42-80(88)72(70)49-68(67)59-31-16-12-17-32-59/h7,9-39,41-42,45-54,62,82-84H,1,3-5,8,40,43-44,55H2,2,6H3/q+3/b15-11-,78-53-/t62?,82-,83?,84?,85?,86?/m1/s1. The van der Waals surface area contributed by atoms with Gasteiger partial charge < -0.3 is 0 Å². The van der Waals surface area contributed by atoms with Crippen molar-refractivity contribution in [3.05, 3.63) is 344 Å². The van der Waals surface area contributed by atoms with Crippen LogP contribution in [0.5, 0.6) is 0 Å². The molecule has 6 heterocycles. The molecule has 3 aromatic heterocycles. The predicted molar refractivity (Wildman–Crippen MR) is 367 cm³/mol. The second-order valence-electron chi connectivity index (χ2n) is 25.4. The van der Waals surface area contributed by atoms with Gasteiger partial charge in [0.15, 0.2) is 37.2 Å². The fourth-order valence-electron chi connectivity index (χ4n) is 17.2. The van der Waals surface area contributed by atoms with Gasteiger partial charge in [0, 0.05) is 53.0 Å². The summed E-state index contributed by atoms with van der Waals surface area (Å²) in [4.78, 5) is 0. The summed E-state index contributed by atoms with van der Waals surface area (Å²) in [6.07, 6.45) is 27.0. The Morgan fingerprint density at radius 1 is 0.562 bits per heavy atom. The van der Waals surface area contributed by atoms with Crippen molar-refractivity contribution >= 4 is 22.3 Å². The van der Waals surface area contributed by atoms with E-state index in [1.165, 1.54) is 128 Å². The molecular weight excluding hydrogens is 1070 g/mol. The summed E-state index contributed by atoms with van der Waals surface area (Å²) in [5.74, 6) is -0.358. The molecule has 3 heteroatoms. The molecule has 428 valence electrons. The maximum absolute atomic E-state index is 5.26. The van der Waals surface area contributed by atoms with E-state index in [0.717, 1.165) is 37.0 Å². The Morgan fingerprint density at radius 3 is 1.91 bits per heavy atom. The van der Waals surface area contributed by atoms with Crippen molar-refractivity contribution in [2.24, 2.45) is 11.3 Å². The maximum atomic E-state index is 5.26. The number of hydrogen-bond donors (Lipinski definition) is 0. The first-order valence-corrected chi connectivity index (χ1v) is 31.9. The Balaban J connectivity index is 1.18. The number of hydrogen-bond acceptors (Lipinski definition) is 0. The van der Waals surface area contributed by atoms with Crippen molar-refractivity contribution in [3.63, 3.8) is 0 Å². The van der Waals surface area contributed by atoms with Crippen molar-refractivity contribution in [2.75, 3.05) is 0 Å². The Morgan fingerprint density at radius 2 is 1.20 bits per heavy atom. The van der Waals surface area contributed by atoms with Gasteiger partial charge in [-0.05, 0) is 164 Å². The SMILES string of the molecule is C=C/C=C\CC1=C(C=C)c2cc(C)c(-c3ccccc3)c[n+]2C2[C@@H]3C(C=C)c4cc5c(-c6ccccc6)cc4-c4cccc[n+]4C3C(c3ccccc3CC)=CC12/C1=C\C2(CCC5=C)C[n+]3ccccc3-c3cc(-c4ccccc4)c(cc32)-c2ccccc21. The number of benzene rings is 7. The number of fused-ring (bicyclic) bond motifs is 11. The van der Waals surface area contributed by atoms with E-state index in [2.05, 4.69) is 295 Å². The quantitative estimate of drug-likeness (QED) is 0.0735. The topological polar surface area (TPSA) is 11.6 Å². The molecule has 3 aliphatic carbocycles. The minimum Gasteiger partial charge on any atom is -0.197 e. The van der Waals surface area contributed by atoms with Crippen molar-refractivity contribution in [2.45, 2.75) is 69.5 Å². The molecule has 0 saturated carbocycles. The smallest absolute Gasteiger partial charge is 0.197 e. The number of allylic oxidation sites excluding steroid dienone is 12. The summed E-state index contributed by atoms with van der Waals surface area (Å²) >= 11 is 0. The van der Waals surface area contributed by atoms with E-state index in [0.29, 0.717) is 6.42 Å². The number of pyridine rings is 3. The van der Waals surface area contributed by atoms with Crippen LogP contribution in [0, 0.1) is 18.3 Å². The highest BCUT2D eigenvalue weighted by Gasteiger charge is 2.67. The summed E-state index contributed by atoms with van der Waals surface area (Å²) in [5.41, 5.74) is 29.4. The molecule has 89 heavy (non-hydrogen) atoms. The monoisotopic (exact) mass is 1150 g/mol. The Labute approximate surface area is 524 Å². The lowest BCUT2D eigenvalue weighted by Crippen LogP contribution is -2.64. The van der Waals surface area contributed by atoms with Gasteiger partial charge in [0.25, 0.3) is 0 Å². The van der Waals surface area contributed by atoms with Gasteiger partial charge in [0.05, 0.1) is 27.9 Å². The lowest BCUT2D eigenvalue weighted by molar-refractivity contribution is -0.767. The van der Waals surface area contributed by atoms with Gasteiger partial charge >= 0.3 is 0 Å². The van der Waals surface area contributed by atoms with Crippen LogP contribution in [0.15, 0.2) is 299 Å². The third-order valence-electron chi connectivity index (χ3n) is 21.1. The van der Waals surface area contributed by atoms with Crippen LogP contribution in [0.4, 0.5) is 0 Å². The molecule has 5 unspecified atom stereocenters. The second-order valence-corrected chi connectivity index (χ2v) is 25.4. The van der Waals surface area contributed by atoms with E-state index in [4.69, 9.17) is 19.7 Å². The average molecular weight is 1150 g/mol.